The molecule has 0 amide bonds. The van der Waals surface area contributed by atoms with E-state index in [0.717, 1.165) is 15.6 Å². The minimum absolute atomic E-state index is 0.220. The minimum Gasteiger partial charge on any atom is -0.493 e. The predicted molar refractivity (Wildman–Crippen MR) is 104 cm³/mol. The van der Waals surface area contributed by atoms with Crippen LogP contribution in [0.1, 0.15) is 22.8 Å². The van der Waals surface area contributed by atoms with E-state index in [1.165, 1.54) is 0 Å². The van der Waals surface area contributed by atoms with E-state index in [2.05, 4.69) is 20.9 Å². The van der Waals surface area contributed by atoms with Crippen molar-refractivity contribution < 1.29 is 19.4 Å². The van der Waals surface area contributed by atoms with E-state index in [9.17, 15) is 9.90 Å². The normalized spacial score (nSPS) is 10.8. The van der Waals surface area contributed by atoms with Crippen LogP contribution in [0.15, 0.2) is 40.9 Å². The fourth-order valence-electron chi connectivity index (χ4n) is 2.82. The second kappa shape index (κ2) is 7.33. The molecule has 0 aliphatic heterocycles. The summed E-state index contributed by atoms with van der Waals surface area (Å²) in [6.07, 6.45) is 0. The number of hydrogen-bond acceptors (Lipinski definition) is 4. The summed E-state index contributed by atoms with van der Waals surface area (Å²) < 4.78 is 11.8. The summed E-state index contributed by atoms with van der Waals surface area (Å²) in [6.45, 7) is 4.32. The third kappa shape index (κ3) is 3.37. The summed E-state index contributed by atoms with van der Waals surface area (Å²) >= 11 is 3.49. The number of aryl methyl sites for hydroxylation is 1. The van der Waals surface area contributed by atoms with Crippen molar-refractivity contribution in [3.8, 4) is 22.8 Å². The van der Waals surface area contributed by atoms with Gasteiger partial charge in [0.05, 0.1) is 35.0 Å². The number of methoxy groups -OCH3 is 1. The molecule has 134 valence electrons. The number of nitrogens with zero attached hydrogens (tertiary/aromatic N) is 1. The lowest BCUT2D eigenvalue weighted by Gasteiger charge is -2.14. The van der Waals surface area contributed by atoms with Crippen LogP contribution in [0.2, 0.25) is 0 Å². The van der Waals surface area contributed by atoms with E-state index in [1.807, 2.05) is 38.1 Å². The van der Waals surface area contributed by atoms with Crippen LogP contribution >= 0.6 is 15.9 Å². The van der Waals surface area contributed by atoms with Crippen molar-refractivity contribution >= 4 is 32.8 Å². The number of halogens is 1. The number of carboxylic acids is 1. The third-order valence-corrected chi connectivity index (χ3v) is 4.60. The highest BCUT2D eigenvalue weighted by molar-refractivity contribution is 9.10. The summed E-state index contributed by atoms with van der Waals surface area (Å²) in [6, 6.07) is 10.8. The largest absolute Gasteiger partial charge is 0.493 e. The second-order valence-electron chi connectivity index (χ2n) is 5.80. The molecule has 0 spiro atoms. The fourth-order valence-corrected chi connectivity index (χ4v) is 3.37. The summed E-state index contributed by atoms with van der Waals surface area (Å²) in [7, 11) is 1.56. The lowest BCUT2D eigenvalue weighted by atomic mass is 10.0. The molecule has 0 aliphatic carbocycles. The summed E-state index contributed by atoms with van der Waals surface area (Å²) in [5, 5.41) is 10.3. The number of hydrogen-bond donors (Lipinski definition) is 1. The van der Waals surface area contributed by atoms with Crippen LogP contribution < -0.4 is 9.47 Å². The van der Waals surface area contributed by atoms with E-state index in [1.54, 1.807) is 19.2 Å². The van der Waals surface area contributed by atoms with E-state index in [0.29, 0.717) is 34.7 Å². The number of aromatic carboxylic acids is 1. The third-order valence-electron chi connectivity index (χ3n) is 4.01. The number of fused-ring (bicyclic) bond motifs is 1. The lowest BCUT2D eigenvalue weighted by molar-refractivity contribution is 0.0699. The number of carbonyl (C=O) groups is 1. The van der Waals surface area contributed by atoms with Gasteiger partial charge in [-0.2, -0.15) is 0 Å². The van der Waals surface area contributed by atoms with Gasteiger partial charge in [-0.15, -0.1) is 0 Å². The van der Waals surface area contributed by atoms with E-state index in [4.69, 9.17) is 9.47 Å². The molecule has 0 bridgehead atoms. The zero-order chi connectivity index (χ0) is 18.8. The van der Waals surface area contributed by atoms with Crippen molar-refractivity contribution in [2.45, 2.75) is 13.8 Å². The van der Waals surface area contributed by atoms with Gasteiger partial charge < -0.3 is 14.6 Å². The number of carboxylic acid groups (broad SMARTS) is 1. The molecule has 1 heterocycles. The molecule has 0 fully saturated rings. The predicted octanol–water partition coefficient (Wildman–Crippen LogP) is 5.08. The van der Waals surface area contributed by atoms with Crippen LogP contribution in [0.5, 0.6) is 11.5 Å². The number of aromatic nitrogens is 1. The molecule has 3 rings (SSSR count). The lowest BCUT2D eigenvalue weighted by Crippen LogP contribution is -2.01. The highest BCUT2D eigenvalue weighted by Crippen LogP contribution is 2.40. The summed E-state index contributed by atoms with van der Waals surface area (Å²) in [4.78, 5) is 16.4. The Labute approximate surface area is 159 Å². The molecule has 1 aromatic heterocycles. The van der Waals surface area contributed by atoms with Gasteiger partial charge in [-0.05, 0) is 60.1 Å². The van der Waals surface area contributed by atoms with Crippen molar-refractivity contribution in [2.24, 2.45) is 0 Å². The van der Waals surface area contributed by atoms with Crippen molar-refractivity contribution in [1.29, 1.82) is 0 Å². The molecule has 0 saturated carbocycles. The Morgan fingerprint density at radius 1 is 1.23 bits per heavy atom. The van der Waals surface area contributed by atoms with E-state index in [-0.39, 0.29) is 5.56 Å². The van der Waals surface area contributed by atoms with Crippen LogP contribution in [-0.4, -0.2) is 29.8 Å². The van der Waals surface area contributed by atoms with Crippen molar-refractivity contribution in [1.82, 2.24) is 4.98 Å². The Morgan fingerprint density at radius 2 is 2.00 bits per heavy atom. The molecule has 26 heavy (non-hydrogen) atoms. The van der Waals surface area contributed by atoms with Crippen LogP contribution in [0.25, 0.3) is 22.2 Å². The first-order chi connectivity index (χ1) is 12.4. The zero-order valence-electron chi connectivity index (χ0n) is 14.7. The topological polar surface area (TPSA) is 68.7 Å². The Balaban J connectivity index is 2.24. The highest BCUT2D eigenvalue weighted by atomic mass is 79.9. The molecule has 1 N–H and O–H groups in total. The number of ether oxygens (including phenoxy) is 2. The van der Waals surface area contributed by atoms with Crippen LogP contribution in [-0.2, 0) is 0 Å². The maximum atomic E-state index is 11.8. The van der Waals surface area contributed by atoms with Gasteiger partial charge in [-0.25, -0.2) is 9.78 Å². The maximum absolute atomic E-state index is 11.8. The van der Waals surface area contributed by atoms with Gasteiger partial charge in [0.2, 0.25) is 0 Å². The molecular formula is C20H18BrNO4. The molecular weight excluding hydrogens is 398 g/mol. The summed E-state index contributed by atoms with van der Waals surface area (Å²) in [5.41, 5.74) is 3.13. The van der Waals surface area contributed by atoms with E-state index < -0.39 is 5.97 Å². The van der Waals surface area contributed by atoms with Crippen molar-refractivity contribution in [2.75, 3.05) is 13.7 Å². The van der Waals surface area contributed by atoms with Crippen LogP contribution in [0.4, 0.5) is 0 Å². The molecule has 0 aliphatic rings. The Hall–Kier alpha value is -2.60. The molecule has 0 unspecified atom stereocenters. The minimum atomic E-state index is -0.985. The smallest absolute Gasteiger partial charge is 0.336 e. The van der Waals surface area contributed by atoms with Gasteiger partial charge >= 0.3 is 5.97 Å². The fraction of sp³-hybridized carbons (Fsp3) is 0.200. The first kappa shape index (κ1) is 18.2. The number of pyridine rings is 1. The number of rotatable bonds is 5. The Kier molecular flexibility index (Phi) is 5.13. The average Bonchev–Trinajstić information content (AvgIpc) is 2.62. The number of benzene rings is 2. The standard InChI is InChI=1S/C20H18BrNO4/c1-4-26-19-15(21)8-12(9-18(19)25-3)17-10-14(20(23)24)13-7-11(2)5-6-16(13)22-17/h5-10H,4H2,1-3H3,(H,23,24). The molecule has 0 atom stereocenters. The van der Waals surface area contributed by atoms with Gasteiger partial charge in [0.1, 0.15) is 0 Å². The first-order valence-electron chi connectivity index (χ1n) is 8.10. The molecule has 0 saturated heterocycles. The summed E-state index contributed by atoms with van der Waals surface area (Å²) in [5.74, 6) is 0.175. The Bertz CT molecular complexity index is 1000. The first-order valence-corrected chi connectivity index (χ1v) is 8.89. The van der Waals surface area contributed by atoms with Gasteiger partial charge in [-0.3, -0.25) is 0 Å². The van der Waals surface area contributed by atoms with Gasteiger partial charge in [-0.1, -0.05) is 11.6 Å². The molecule has 5 nitrogen and oxygen atoms in total. The highest BCUT2D eigenvalue weighted by Gasteiger charge is 2.17. The van der Waals surface area contributed by atoms with Crippen molar-refractivity contribution in [3.63, 3.8) is 0 Å². The zero-order valence-corrected chi connectivity index (χ0v) is 16.3. The van der Waals surface area contributed by atoms with Gasteiger partial charge in [0.15, 0.2) is 11.5 Å². The monoisotopic (exact) mass is 415 g/mol. The second-order valence-corrected chi connectivity index (χ2v) is 6.66. The quantitative estimate of drug-likeness (QED) is 0.629. The van der Waals surface area contributed by atoms with Crippen LogP contribution in [0, 0.1) is 6.92 Å². The Morgan fingerprint density at radius 3 is 2.65 bits per heavy atom. The molecule has 3 aromatic rings. The van der Waals surface area contributed by atoms with E-state index >= 15 is 0 Å². The average molecular weight is 416 g/mol. The van der Waals surface area contributed by atoms with Gasteiger partial charge in [0.25, 0.3) is 0 Å². The maximum Gasteiger partial charge on any atom is 0.336 e. The molecule has 6 heteroatoms. The van der Waals surface area contributed by atoms with Crippen molar-refractivity contribution in [3.05, 3.63) is 52.0 Å². The van der Waals surface area contributed by atoms with Gasteiger partial charge in [0, 0.05) is 10.9 Å². The van der Waals surface area contributed by atoms with Crippen LogP contribution in [0.3, 0.4) is 0 Å². The SMILES string of the molecule is CCOc1c(Br)cc(-c2cc(C(=O)O)c3cc(C)ccc3n2)cc1OC. The molecule has 2 aromatic carbocycles. The molecule has 0 radical (unpaired) electrons.